The number of hydrogen-bond donors (Lipinski definition) is 3. The first kappa shape index (κ1) is 77.4. The van der Waals surface area contributed by atoms with Crippen molar-refractivity contribution >= 4 is 104 Å². The number of hydrazone groups is 4. The molecule has 3 N–H and O–H groups in total. The zero-order valence-corrected chi connectivity index (χ0v) is 62.4. The highest BCUT2D eigenvalue weighted by Gasteiger charge is 2.39. The molecule has 26 heteroatoms. The van der Waals surface area contributed by atoms with Crippen LogP contribution in [0.1, 0.15) is 165 Å². The Bertz CT molecular complexity index is 3680. The molecule has 14 rings (SSSR count). The number of nitrogens with zero attached hydrogens (tertiary/aromatic N) is 12. The van der Waals surface area contributed by atoms with Crippen molar-refractivity contribution in [3.05, 3.63) is 171 Å². The Morgan fingerprint density at radius 2 is 0.843 bits per heavy atom. The van der Waals surface area contributed by atoms with E-state index < -0.39 is 17.2 Å². The molecule has 23 nitrogen and oxygen atoms in total. The molecule has 544 valence electrons. The summed E-state index contributed by atoms with van der Waals surface area (Å²) in [4.78, 5) is 86.8. The van der Waals surface area contributed by atoms with Gasteiger partial charge < -0.3 is 40.0 Å². The maximum absolute atomic E-state index is 13.0. The first-order valence-electron chi connectivity index (χ1n) is 35.3. The van der Waals surface area contributed by atoms with Crippen molar-refractivity contribution < 1.29 is 43.3 Å². The van der Waals surface area contributed by atoms with Crippen LogP contribution in [0.5, 0.6) is 0 Å². The molecule has 0 aliphatic carbocycles. The van der Waals surface area contributed by atoms with Crippen molar-refractivity contribution in [2.45, 2.75) is 154 Å². The molecule has 4 unspecified atom stereocenters. The van der Waals surface area contributed by atoms with Crippen LogP contribution in [0.4, 0.5) is 14.7 Å². The highest BCUT2D eigenvalue weighted by atomic mass is 79.9. The molecule has 0 bridgehead atoms. The van der Waals surface area contributed by atoms with Crippen LogP contribution in [0.3, 0.4) is 0 Å². The van der Waals surface area contributed by atoms with Gasteiger partial charge >= 0.3 is 18.2 Å². The minimum Gasteiger partial charge on any atom is -0.481 e. The third-order valence-corrected chi connectivity index (χ3v) is 20.4. The molecular formula is C76H97BrN14O9S2. The van der Waals surface area contributed by atoms with Crippen LogP contribution >= 0.6 is 38.6 Å². The van der Waals surface area contributed by atoms with Gasteiger partial charge in [-0.25, -0.2) is 34.6 Å². The number of thiazole rings is 2. The molecule has 4 aromatic carbocycles. The summed E-state index contributed by atoms with van der Waals surface area (Å²) in [7, 11) is 0. The number of benzene rings is 4. The van der Waals surface area contributed by atoms with Crippen molar-refractivity contribution in [1.29, 1.82) is 0 Å². The van der Waals surface area contributed by atoms with E-state index in [1.54, 1.807) is 53.7 Å². The number of nitrogens with one attached hydrogen (secondary N) is 2. The Kier molecular flexibility index (Phi) is 29.2. The molecule has 6 aromatic rings. The lowest BCUT2D eigenvalue weighted by Gasteiger charge is -2.34. The Morgan fingerprint density at radius 3 is 1.18 bits per heavy atom. The maximum atomic E-state index is 13.0. The van der Waals surface area contributed by atoms with Gasteiger partial charge in [0.15, 0.2) is 9.05 Å². The van der Waals surface area contributed by atoms with E-state index in [4.69, 9.17) is 14.6 Å². The lowest BCUT2D eigenvalue weighted by atomic mass is 9.94. The smallest absolute Gasteiger partial charge is 0.410 e. The Balaban J connectivity index is 0.000000148. The number of rotatable bonds is 9. The van der Waals surface area contributed by atoms with Gasteiger partial charge in [0.25, 0.3) is 0 Å². The summed E-state index contributed by atoms with van der Waals surface area (Å²) in [6, 6.07) is 41.2. The highest BCUT2D eigenvalue weighted by Crippen LogP contribution is 2.36. The number of ether oxygens (including phenoxy) is 2. The number of aromatic nitrogens is 2. The number of amides is 5. The van der Waals surface area contributed by atoms with Crippen LogP contribution in [-0.4, -0.2) is 164 Å². The monoisotopic (exact) mass is 1490 g/mol. The zero-order chi connectivity index (χ0) is 72.4. The van der Waals surface area contributed by atoms with Crippen LogP contribution in [0, 0.1) is 23.7 Å². The van der Waals surface area contributed by atoms with E-state index in [-0.39, 0.29) is 71.7 Å². The average Bonchev–Trinajstić information content (AvgIpc) is 1.64. The first-order chi connectivity index (χ1) is 49.2. The van der Waals surface area contributed by atoms with E-state index in [0.717, 1.165) is 97.7 Å². The van der Waals surface area contributed by atoms with Crippen LogP contribution < -0.4 is 15.6 Å². The fourth-order valence-corrected chi connectivity index (χ4v) is 14.3. The second-order valence-corrected chi connectivity index (χ2v) is 30.8. The average molecular weight is 1490 g/mol. The maximum Gasteiger partial charge on any atom is 0.410 e. The van der Waals surface area contributed by atoms with Gasteiger partial charge in [-0.3, -0.25) is 19.2 Å². The number of anilines is 1. The summed E-state index contributed by atoms with van der Waals surface area (Å²) in [6.07, 6.45) is 19.6. The number of hydrogen-bond acceptors (Lipinski definition) is 19. The van der Waals surface area contributed by atoms with Gasteiger partial charge in [-0.15, -0.1) is 22.7 Å². The number of piperidine rings is 4. The van der Waals surface area contributed by atoms with Crippen molar-refractivity contribution in [2.75, 3.05) is 57.3 Å². The summed E-state index contributed by atoms with van der Waals surface area (Å²) in [6.45, 7) is 16.7. The molecule has 4 saturated heterocycles. The Labute approximate surface area is 615 Å². The number of halogens is 1. The van der Waals surface area contributed by atoms with Crippen LogP contribution in [-0.2, 0) is 28.7 Å². The van der Waals surface area contributed by atoms with E-state index in [1.807, 2.05) is 156 Å². The van der Waals surface area contributed by atoms with Gasteiger partial charge in [0.1, 0.15) is 11.2 Å². The van der Waals surface area contributed by atoms with Crippen molar-refractivity contribution in [3.8, 4) is 0 Å². The lowest BCUT2D eigenvalue weighted by Crippen LogP contribution is -2.45. The lowest BCUT2D eigenvalue weighted by molar-refractivity contribution is -0.143. The number of carboxylic acids is 1. The summed E-state index contributed by atoms with van der Waals surface area (Å²) in [5.41, 5.74) is 6.78. The second-order valence-electron chi connectivity index (χ2n) is 27.8. The summed E-state index contributed by atoms with van der Waals surface area (Å²) in [5.74, 6) is -0.611. The number of likely N-dealkylation sites (tertiary alicyclic amines) is 2. The summed E-state index contributed by atoms with van der Waals surface area (Å²) >= 11 is 6.43. The van der Waals surface area contributed by atoms with E-state index in [1.165, 1.54) is 11.1 Å². The third kappa shape index (κ3) is 23.4. The molecule has 8 aliphatic rings. The van der Waals surface area contributed by atoms with Crippen LogP contribution in [0.25, 0.3) is 0 Å². The summed E-state index contributed by atoms with van der Waals surface area (Å²) < 4.78 is 11.6. The standard InChI is InChI=1S/C20H27N3O3.C18H20N4OS.C15H19N3O.C11H19NO4.C9H10N2.C3H2BrNS/c1-20(2,3)26-19(25)22-13-10-16(11-14-22)18(24)23-17(9-12-21-23)15-7-5-4-6-8-15;23-17(15-7-11-21(12-8-15)18-19-10-13-24-18)22-16(6-9-20-22)14-4-2-1-3-5-14;19-15(13-6-9-16-10-7-13)18-14(8-11-17-18)12-4-2-1-3-5-12;1-11(2,3)16-10(15)12-6-4-8(5-7-12)9(13)14;1-2-4-8(5-3-1)9-6-7-10-11-9;4-3-5-1-2-6-3/h4-8,12,16-17H,9-11,13-14H2,1-3H3;1-5,9-10,13,15-16H,6-8,11-12H2;1-5,11,13-14,16H,6-10H2;8H,4-7H2,1-3H3,(H,13,14);1-5,7,9,11H,6H2;1-2H. The van der Waals surface area contributed by atoms with Gasteiger partial charge in [-0.1, -0.05) is 121 Å². The third-order valence-electron chi connectivity index (χ3n) is 18.2. The van der Waals surface area contributed by atoms with E-state index >= 15 is 0 Å². The Hall–Kier alpha value is -8.72. The van der Waals surface area contributed by atoms with E-state index in [2.05, 4.69) is 110 Å². The molecule has 8 aliphatic heterocycles. The Morgan fingerprint density at radius 1 is 0.471 bits per heavy atom. The van der Waals surface area contributed by atoms with Crippen molar-refractivity contribution in [1.82, 2.24) is 45.5 Å². The molecule has 5 amide bonds. The van der Waals surface area contributed by atoms with E-state index in [0.29, 0.717) is 57.9 Å². The molecule has 4 atom stereocenters. The van der Waals surface area contributed by atoms with Gasteiger partial charge in [0.05, 0.1) is 30.1 Å². The second kappa shape index (κ2) is 38.5. The molecule has 0 spiro atoms. The fraction of sp³-hybridized carbons (Fsp3) is 0.474. The van der Waals surface area contributed by atoms with Crippen LogP contribution in [0.15, 0.2) is 169 Å². The van der Waals surface area contributed by atoms with Gasteiger partial charge in [-0.05, 0) is 144 Å². The molecular weight excluding hydrogens is 1400 g/mol. The highest BCUT2D eigenvalue weighted by molar-refractivity contribution is 9.11. The minimum atomic E-state index is -0.774. The topological polar surface area (TPSA) is 260 Å². The quantitative estimate of drug-likeness (QED) is 0.122. The molecule has 0 saturated carbocycles. The van der Waals surface area contributed by atoms with Gasteiger partial charge in [-0.2, -0.15) is 20.4 Å². The zero-order valence-electron chi connectivity index (χ0n) is 59.2. The summed E-state index contributed by atoms with van der Waals surface area (Å²) in [5, 5.41) is 39.1. The van der Waals surface area contributed by atoms with Crippen LogP contribution in [0.2, 0.25) is 0 Å². The van der Waals surface area contributed by atoms with Crippen molar-refractivity contribution in [3.63, 3.8) is 0 Å². The number of carbonyl (C=O) groups excluding carboxylic acids is 5. The SMILES string of the molecule is Brc1nccs1.C1=NNC(c2ccccc2)C1.CC(C)(C)OC(=O)N1CCC(C(=O)N2N=CCC2c2ccccc2)CC1.CC(C)(C)OC(=O)N1CCC(C(=O)O)CC1.O=C(C1CCN(c2nccs2)CC1)N1N=CCC1c1ccccc1.O=C(C1CCNCC1)N1N=CCC1c1ccccc1. The normalized spacial score (nSPS) is 20.6. The van der Waals surface area contributed by atoms with E-state index in [9.17, 15) is 28.8 Å². The van der Waals surface area contributed by atoms with Gasteiger partial charge in [0, 0.05) is 131 Å². The van der Waals surface area contributed by atoms with Crippen molar-refractivity contribution in [2.24, 2.45) is 44.1 Å². The molecule has 0 radical (unpaired) electrons. The minimum absolute atomic E-state index is 0.0208. The molecule has 102 heavy (non-hydrogen) atoms. The number of aliphatic carboxylic acids is 1. The number of carboxylic acid groups (broad SMARTS) is 1. The molecule has 4 fully saturated rings. The first-order valence-corrected chi connectivity index (χ1v) is 37.9. The predicted octanol–water partition coefficient (Wildman–Crippen LogP) is 14.2. The van der Waals surface area contributed by atoms with Gasteiger partial charge in [0.2, 0.25) is 17.7 Å². The number of carbonyl (C=O) groups is 6. The molecule has 10 heterocycles. The predicted molar refractivity (Wildman–Crippen MR) is 404 cm³/mol. The molecule has 2 aromatic heterocycles. The fourth-order valence-electron chi connectivity index (χ4n) is 12.8. The largest absolute Gasteiger partial charge is 0.481 e.